The van der Waals surface area contributed by atoms with E-state index in [0.717, 1.165) is 10.2 Å². The highest BCUT2D eigenvalue weighted by atomic mass is 79.9. The van der Waals surface area contributed by atoms with Gasteiger partial charge in [-0.3, -0.25) is 4.79 Å². The summed E-state index contributed by atoms with van der Waals surface area (Å²) in [5.74, 6) is 0.947. The Kier molecular flexibility index (Phi) is 4.99. The molecule has 0 N–H and O–H groups in total. The molecule has 0 spiro atoms. The molecule has 0 radical (unpaired) electrons. The Morgan fingerprint density at radius 1 is 1.57 bits per heavy atom. The fourth-order valence-electron chi connectivity index (χ4n) is 1.05. The molecule has 4 heteroatoms. The lowest BCUT2D eigenvalue weighted by atomic mass is 10.1. The molecule has 1 aromatic rings. The van der Waals surface area contributed by atoms with Gasteiger partial charge < -0.3 is 0 Å². The van der Waals surface area contributed by atoms with Crippen molar-refractivity contribution in [1.82, 2.24) is 0 Å². The number of carbonyl (C=O) groups is 1. The maximum Gasteiger partial charge on any atom is 0.165 e. The Bertz CT molecular complexity index is 341. The normalized spacial score (nSPS) is 10.2. The van der Waals surface area contributed by atoms with Crippen LogP contribution in [0.3, 0.4) is 0 Å². The van der Waals surface area contributed by atoms with Crippen LogP contribution in [-0.4, -0.2) is 17.8 Å². The number of ketones is 1. The Labute approximate surface area is 101 Å². The predicted molar refractivity (Wildman–Crippen MR) is 66.5 cm³/mol. The van der Waals surface area contributed by atoms with Crippen LogP contribution >= 0.6 is 39.3 Å². The van der Waals surface area contributed by atoms with Gasteiger partial charge in [0, 0.05) is 22.2 Å². The number of rotatable bonds is 4. The van der Waals surface area contributed by atoms with Gasteiger partial charge >= 0.3 is 0 Å². The number of benzene rings is 1. The highest BCUT2D eigenvalue weighted by Crippen LogP contribution is 2.22. The lowest BCUT2D eigenvalue weighted by Gasteiger charge is -2.02. The van der Waals surface area contributed by atoms with Crippen LogP contribution in [0.2, 0.25) is 5.02 Å². The van der Waals surface area contributed by atoms with Gasteiger partial charge in [-0.15, -0.1) is 0 Å². The molecule has 0 aromatic heterocycles. The van der Waals surface area contributed by atoms with Crippen LogP contribution in [0.5, 0.6) is 0 Å². The highest BCUT2D eigenvalue weighted by molar-refractivity contribution is 9.10. The summed E-state index contributed by atoms with van der Waals surface area (Å²) in [7, 11) is 0. The number of carbonyl (C=O) groups excluding carboxylic acids is 1. The third kappa shape index (κ3) is 3.30. The van der Waals surface area contributed by atoms with E-state index in [-0.39, 0.29) is 5.78 Å². The third-order valence-corrected chi connectivity index (χ3v) is 3.18. The van der Waals surface area contributed by atoms with Gasteiger partial charge in [0.05, 0.1) is 5.02 Å². The summed E-state index contributed by atoms with van der Waals surface area (Å²) in [6.07, 6.45) is 2.53. The second-order valence-corrected chi connectivity index (χ2v) is 5.10. The number of Topliss-reactive ketones (excluding diaryl/α,β-unsaturated/α-hetero) is 1. The molecule has 0 atom stereocenters. The molecule has 0 aliphatic heterocycles. The molecule has 0 unspecified atom stereocenters. The summed E-state index contributed by atoms with van der Waals surface area (Å²) in [6, 6.07) is 5.33. The zero-order valence-corrected chi connectivity index (χ0v) is 10.9. The average molecular weight is 294 g/mol. The van der Waals surface area contributed by atoms with E-state index in [1.165, 1.54) is 0 Å². The fourth-order valence-corrected chi connectivity index (χ4v) is 2.21. The zero-order chi connectivity index (χ0) is 10.6. The van der Waals surface area contributed by atoms with Crippen LogP contribution in [0.15, 0.2) is 22.7 Å². The molecule has 0 aliphatic rings. The van der Waals surface area contributed by atoms with Crippen molar-refractivity contribution in [1.29, 1.82) is 0 Å². The van der Waals surface area contributed by atoms with Gasteiger partial charge in [-0.2, -0.15) is 11.8 Å². The maximum absolute atomic E-state index is 11.6. The van der Waals surface area contributed by atoms with Crippen LogP contribution in [0, 0.1) is 0 Å². The molecule has 0 heterocycles. The molecule has 0 amide bonds. The summed E-state index contributed by atoms with van der Waals surface area (Å²) in [5, 5.41) is 0.519. The summed E-state index contributed by atoms with van der Waals surface area (Å²) < 4.78 is 0.893. The first-order valence-electron chi connectivity index (χ1n) is 4.12. The quantitative estimate of drug-likeness (QED) is 0.779. The SMILES string of the molecule is CSCCC(=O)c1ccc(Br)cc1Cl. The molecular formula is C10H10BrClOS. The molecule has 1 aromatic carbocycles. The number of hydrogen-bond donors (Lipinski definition) is 0. The minimum Gasteiger partial charge on any atom is -0.294 e. The van der Waals surface area contributed by atoms with Crippen LogP contribution in [0.1, 0.15) is 16.8 Å². The molecule has 1 nitrogen and oxygen atoms in total. The van der Waals surface area contributed by atoms with Crippen molar-refractivity contribution < 1.29 is 4.79 Å². The van der Waals surface area contributed by atoms with Gasteiger partial charge in [-0.05, 0) is 24.5 Å². The van der Waals surface area contributed by atoms with Crippen molar-refractivity contribution in [3.8, 4) is 0 Å². The van der Waals surface area contributed by atoms with Gasteiger partial charge in [-0.1, -0.05) is 27.5 Å². The number of halogens is 2. The van der Waals surface area contributed by atoms with E-state index in [4.69, 9.17) is 11.6 Å². The molecular weight excluding hydrogens is 284 g/mol. The van der Waals surface area contributed by atoms with Crippen LogP contribution in [0.4, 0.5) is 0 Å². The summed E-state index contributed by atoms with van der Waals surface area (Å²) in [6.45, 7) is 0. The molecule has 0 aliphatic carbocycles. The van der Waals surface area contributed by atoms with E-state index in [2.05, 4.69) is 15.9 Å². The second kappa shape index (κ2) is 5.79. The average Bonchev–Trinajstić information content (AvgIpc) is 2.14. The standard InChI is InChI=1S/C10H10BrClOS/c1-14-5-4-10(13)8-3-2-7(11)6-9(8)12/h2-3,6H,4-5H2,1H3. The van der Waals surface area contributed by atoms with Crippen molar-refractivity contribution in [2.24, 2.45) is 0 Å². The summed E-state index contributed by atoms with van der Waals surface area (Å²) in [4.78, 5) is 11.6. The Hall–Kier alpha value is 0.01000. The zero-order valence-electron chi connectivity index (χ0n) is 7.72. The molecule has 0 saturated carbocycles. The van der Waals surface area contributed by atoms with Gasteiger partial charge in [0.1, 0.15) is 0 Å². The van der Waals surface area contributed by atoms with E-state index < -0.39 is 0 Å². The molecule has 14 heavy (non-hydrogen) atoms. The van der Waals surface area contributed by atoms with E-state index in [9.17, 15) is 4.79 Å². The first-order valence-corrected chi connectivity index (χ1v) is 6.69. The molecule has 0 bridgehead atoms. The van der Waals surface area contributed by atoms with Crippen LogP contribution in [0.25, 0.3) is 0 Å². The minimum absolute atomic E-state index is 0.108. The van der Waals surface area contributed by atoms with Gasteiger partial charge in [-0.25, -0.2) is 0 Å². The largest absolute Gasteiger partial charge is 0.294 e. The van der Waals surface area contributed by atoms with Crippen molar-refractivity contribution in [2.45, 2.75) is 6.42 Å². The van der Waals surface area contributed by atoms with Crippen LogP contribution < -0.4 is 0 Å². The molecule has 76 valence electrons. The van der Waals surface area contributed by atoms with E-state index >= 15 is 0 Å². The van der Waals surface area contributed by atoms with Gasteiger partial charge in [0.15, 0.2) is 5.78 Å². The Morgan fingerprint density at radius 3 is 2.86 bits per heavy atom. The predicted octanol–water partition coefficient (Wildman–Crippen LogP) is 4.04. The second-order valence-electron chi connectivity index (χ2n) is 2.79. The fraction of sp³-hybridized carbons (Fsp3) is 0.300. The number of thioether (sulfide) groups is 1. The first kappa shape index (κ1) is 12.1. The van der Waals surface area contributed by atoms with Crippen LogP contribution in [-0.2, 0) is 0 Å². The summed E-state index contributed by atoms with van der Waals surface area (Å²) >= 11 is 10.9. The van der Waals surface area contributed by atoms with Gasteiger partial charge in [0.25, 0.3) is 0 Å². The summed E-state index contributed by atoms with van der Waals surface area (Å²) in [5.41, 5.74) is 0.615. The lowest BCUT2D eigenvalue weighted by molar-refractivity contribution is 0.0989. The van der Waals surface area contributed by atoms with Crippen molar-refractivity contribution in [2.75, 3.05) is 12.0 Å². The smallest absolute Gasteiger partial charge is 0.165 e. The van der Waals surface area contributed by atoms with Crippen molar-refractivity contribution in [3.05, 3.63) is 33.3 Å². The van der Waals surface area contributed by atoms with E-state index in [0.29, 0.717) is 17.0 Å². The maximum atomic E-state index is 11.6. The molecule has 0 fully saturated rings. The molecule has 1 rings (SSSR count). The third-order valence-electron chi connectivity index (χ3n) is 1.76. The Balaban J connectivity index is 2.80. The van der Waals surface area contributed by atoms with E-state index in [1.54, 1.807) is 23.9 Å². The Morgan fingerprint density at radius 2 is 2.29 bits per heavy atom. The van der Waals surface area contributed by atoms with Crippen molar-refractivity contribution in [3.63, 3.8) is 0 Å². The van der Waals surface area contributed by atoms with E-state index in [1.807, 2.05) is 12.3 Å². The van der Waals surface area contributed by atoms with Gasteiger partial charge in [0.2, 0.25) is 0 Å². The topological polar surface area (TPSA) is 17.1 Å². The highest BCUT2D eigenvalue weighted by Gasteiger charge is 2.09. The van der Waals surface area contributed by atoms with Crippen molar-refractivity contribution >= 4 is 45.1 Å². The monoisotopic (exact) mass is 292 g/mol. The minimum atomic E-state index is 0.108. The lowest BCUT2D eigenvalue weighted by Crippen LogP contribution is -2.01. The first-order chi connectivity index (χ1) is 6.65. The molecule has 0 saturated heterocycles. The number of hydrogen-bond acceptors (Lipinski definition) is 2.